The highest BCUT2D eigenvalue weighted by molar-refractivity contribution is 5.70. The normalized spacial score (nSPS) is 35.5. The van der Waals surface area contributed by atoms with Crippen LogP contribution >= 0.6 is 0 Å². The third kappa shape index (κ3) is 11.3. The van der Waals surface area contributed by atoms with Crippen LogP contribution in [0, 0.1) is 35.5 Å². The largest absolute Gasteiger partial charge is 0.481 e. The van der Waals surface area contributed by atoms with Crippen LogP contribution in [0.25, 0.3) is 0 Å². The third-order valence-corrected chi connectivity index (χ3v) is 11.0. The standard InChI is InChI=1S/C35H65N3O6/c1-3-5-7-10-24-13-14-26(31(40)20-24)11-8-6-9-12-28(34(42)43)30(39)15-17-35(44)22-27(29(33(35)41)23-37-4-2)19-25-16-18-38-32(36)21-25/h13-14,24-33,37-41,44H,3-12,15-23,36H2,1-2H3,(H,42,43). The average molecular weight is 624 g/mol. The number of carbonyl (C=O) groups is 1. The molecule has 0 aromatic carbocycles. The molecule has 0 amide bonds. The van der Waals surface area contributed by atoms with Crippen molar-refractivity contribution < 1.29 is 30.3 Å². The van der Waals surface area contributed by atoms with Crippen molar-refractivity contribution in [1.29, 1.82) is 0 Å². The second-order valence-electron chi connectivity index (χ2n) is 14.5. The van der Waals surface area contributed by atoms with Crippen LogP contribution in [0.5, 0.6) is 0 Å². The van der Waals surface area contributed by atoms with Crippen LogP contribution in [0.1, 0.15) is 117 Å². The zero-order chi connectivity index (χ0) is 32.1. The Bertz CT molecular complexity index is 860. The number of carboxylic acid groups (broad SMARTS) is 1. The van der Waals surface area contributed by atoms with E-state index in [2.05, 4.69) is 29.7 Å². The zero-order valence-electron chi connectivity index (χ0n) is 27.6. The van der Waals surface area contributed by atoms with Gasteiger partial charge in [0, 0.05) is 18.4 Å². The van der Waals surface area contributed by atoms with Crippen molar-refractivity contribution in [3.8, 4) is 0 Å². The van der Waals surface area contributed by atoms with Gasteiger partial charge >= 0.3 is 5.97 Å². The molecule has 256 valence electrons. The molecule has 9 nitrogen and oxygen atoms in total. The molecule has 3 rings (SSSR count). The van der Waals surface area contributed by atoms with Crippen molar-refractivity contribution in [3.05, 3.63) is 12.2 Å². The number of nitrogens with two attached hydrogens (primary N) is 1. The third-order valence-electron chi connectivity index (χ3n) is 11.0. The summed E-state index contributed by atoms with van der Waals surface area (Å²) in [5.41, 5.74) is 4.79. The molecule has 0 spiro atoms. The van der Waals surface area contributed by atoms with Crippen molar-refractivity contribution in [2.75, 3.05) is 19.6 Å². The molecular weight excluding hydrogens is 558 g/mol. The summed E-state index contributed by atoms with van der Waals surface area (Å²) in [7, 11) is 0. The molecule has 3 aliphatic rings. The van der Waals surface area contributed by atoms with Gasteiger partial charge in [0.15, 0.2) is 0 Å². The summed E-state index contributed by atoms with van der Waals surface area (Å²) >= 11 is 0. The predicted octanol–water partition coefficient (Wildman–Crippen LogP) is 3.92. The highest BCUT2D eigenvalue weighted by Crippen LogP contribution is 2.46. The summed E-state index contributed by atoms with van der Waals surface area (Å²) in [5.74, 6) is -0.770. The number of aliphatic hydroxyl groups is 4. The summed E-state index contributed by atoms with van der Waals surface area (Å²) < 4.78 is 0. The number of allylic oxidation sites excluding steroid dienone is 1. The highest BCUT2D eigenvalue weighted by atomic mass is 16.4. The number of carboxylic acids is 1. The lowest BCUT2D eigenvalue weighted by Crippen LogP contribution is -2.45. The molecule has 2 aliphatic carbocycles. The molecule has 0 aromatic heterocycles. The highest BCUT2D eigenvalue weighted by Gasteiger charge is 2.52. The number of aliphatic carboxylic acids is 1. The van der Waals surface area contributed by atoms with Crippen LogP contribution in [-0.4, -0.2) is 81.2 Å². The lowest BCUT2D eigenvalue weighted by atomic mass is 9.81. The summed E-state index contributed by atoms with van der Waals surface area (Å²) in [6.45, 7) is 6.51. The SMILES string of the molecule is CCCCCC1C=CC(CCCCCC(C(=O)O)C(O)CCC2(O)CC(CC3CCNC(N)C3)C(CNCC)C2O)C(O)C1. The van der Waals surface area contributed by atoms with Gasteiger partial charge in [-0.2, -0.15) is 0 Å². The molecule has 0 radical (unpaired) electrons. The number of hydrogen-bond acceptors (Lipinski definition) is 8. The van der Waals surface area contributed by atoms with Gasteiger partial charge in [0.1, 0.15) is 0 Å². The van der Waals surface area contributed by atoms with Gasteiger partial charge in [0.25, 0.3) is 0 Å². The van der Waals surface area contributed by atoms with E-state index in [0.29, 0.717) is 37.6 Å². The maximum Gasteiger partial charge on any atom is 0.309 e. The first kappa shape index (κ1) is 37.4. The van der Waals surface area contributed by atoms with E-state index in [1.165, 1.54) is 19.3 Å². The first-order valence-electron chi connectivity index (χ1n) is 17.9. The Morgan fingerprint density at radius 3 is 2.52 bits per heavy atom. The van der Waals surface area contributed by atoms with Crippen LogP contribution in [0.3, 0.4) is 0 Å². The van der Waals surface area contributed by atoms with E-state index in [1.54, 1.807) is 0 Å². The van der Waals surface area contributed by atoms with E-state index in [9.17, 15) is 30.3 Å². The van der Waals surface area contributed by atoms with Gasteiger partial charge in [0.2, 0.25) is 0 Å². The number of unbranched alkanes of at least 4 members (excludes halogenated alkanes) is 4. The van der Waals surface area contributed by atoms with Crippen LogP contribution in [-0.2, 0) is 4.79 Å². The minimum absolute atomic E-state index is 0.0159. The Kier molecular flexibility index (Phi) is 16.1. The van der Waals surface area contributed by atoms with Gasteiger partial charge in [-0.3, -0.25) is 4.79 Å². The molecule has 44 heavy (non-hydrogen) atoms. The first-order valence-corrected chi connectivity index (χ1v) is 17.9. The Morgan fingerprint density at radius 1 is 1.07 bits per heavy atom. The number of hydrogen-bond donors (Lipinski definition) is 8. The van der Waals surface area contributed by atoms with Gasteiger partial charge in [-0.05, 0) is 95.1 Å². The number of piperidine rings is 1. The number of aliphatic hydroxyl groups excluding tert-OH is 3. The topological polar surface area (TPSA) is 168 Å². The molecule has 9 N–H and O–H groups in total. The van der Waals surface area contributed by atoms with Crippen molar-refractivity contribution in [3.63, 3.8) is 0 Å². The molecular formula is C35H65N3O6. The quantitative estimate of drug-likeness (QED) is 0.0740. The Labute approximate surface area is 266 Å². The molecule has 11 atom stereocenters. The van der Waals surface area contributed by atoms with E-state index in [0.717, 1.165) is 64.5 Å². The van der Waals surface area contributed by atoms with Crippen LogP contribution in [0.4, 0.5) is 0 Å². The Morgan fingerprint density at radius 2 is 1.84 bits per heavy atom. The van der Waals surface area contributed by atoms with Crippen LogP contribution in [0.2, 0.25) is 0 Å². The van der Waals surface area contributed by atoms with Crippen molar-refractivity contribution in [2.24, 2.45) is 41.2 Å². The molecule has 1 saturated carbocycles. The maximum absolute atomic E-state index is 12.1. The van der Waals surface area contributed by atoms with E-state index < -0.39 is 29.7 Å². The summed E-state index contributed by atoms with van der Waals surface area (Å²) in [6, 6.07) is 0. The van der Waals surface area contributed by atoms with Gasteiger partial charge in [-0.25, -0.2) is 0 Å². The van der Waals surface area contributed by atoms with Gasteiger partial charge in [0.05, 0.1) is 36.0 Å². The van der Waals surface area contributed by atoms with E-state index in [-0.39, 0.29) is 42.9 Å². The summed E-state index contributed by atoms with van der Waals surface area (Å²) in [6.07, 6.45) is 15.1. The lowest BCUT2D eigenvalue weighted by Gasteiger charge is -2.31. The van der Waals surface area contributed by atoms with Crippen LogP contribution < -0.4 is 16.4 Å². The molecule has 0 bridgehead atoms. The lowest BCUT2D eigenvalue weighted by molar-refractivity contribution is -0.147. The average Bonchev–Trinajstić information content (AvgIpc) is 3.21. The van der Waals surface area contributed by atoms with Gasteiger partial charge < -0.3 is 41.9 Å². The molecule has 11 unspecified atom stereocenters. The summed E-state index contributed by atoms with van der Waals surface area (Å²) in [5, 5.41) is 61.0. The van der Waals surface area contributed by atoms with E-state index in [4.69, 9.17) is 5.73 Å². The minimum atomic E-state index is -1.34. The first-order chi connectivity index (χ1) is 21.1. The van der Waals surface area contributed by atoms with E-state index >= 15 is 0 Å². The molecule has 2 fully saturated rings. The predicted molar refractivity (Wildman–Crippen MR) is 175 cm³/mol. The molecule has 9 heteroatoms. The smallest absolute Gasteiger partial charge is 0.309 e. The van der Waals surface area contributed by atoms with Crippen molar-refractivity contribution in [2.45, 2.75) is 147 Å². The van der Waals surface area contributed by atoms with Gasteiger partial charge in [-0.15, -0.1) is 0 Å². The van der Waals surface area contributed by atoms with Gasteiger partial charge in [-0.1, -0.05) is 64.5 Å². The fourth-order valence-electron chi connectivity index (χ4n) is 8.31. The molecule has 0 aromatic rings. The van der Waals surface area contributed by atoms with E-state index in [1.807, 2.05) is 6.92 Å². The van der Waals surface area contributed by atoms with Crippen LogP contribution in [0.15, 0.2) is 12.2 Å². The fraction of sp³-hybridized carbons (Fsp3) is 0.914. The monoisotopic (exact) mass is 623 g/mol. The number of nitrogens with one attached hydrogen (secondary N) is 2. The second kappa shape index (κ2) is 18.9. The summed E-state index contributed by atoms with van der Waals surface area (Å²) in [4.78, 5) is 12.1. The van der Waals surface area contributed by atoms with Crippen molar-refractivity contribution >= 4 is 5.97 Å². The Hall–Kier alpha value is -1.07. The maximum atomic E-state index is 12.1. The second-order valence-corrected chi connectivity index (χ2v) is 14.5. The molecule has 1 saturated heterocycles. The molecule has 1 heterocycles. The van der Waals surface area contributed by atoms with Crippen molar-refractivity contribution in [1.82, 2.24) is 10.6 Å². The minimum Gasteiger partial charge on any atom is -0.481 e. The number of rotatable bonds is 20. The Balaban J connectivity index is 1.44. The molecule has 1 aliphatic heterocycles. The zero-order valence-corrected chi connectivity index (χ0v) is 27.6. The fourth-order valence-corrected chi connectivity index (χ4v) is 8.31.